The molecule has 2 aromatic rings. The lowest BCUT2D eigenvalue weighted by atomic mass is 10.1. The van der Waals surface area contributed by atoms with Gasteiger partial charge in [0.1, 0.15) is 0 Å². The third-order valence-corrected chi connectivity index (χ3v) is 3.60. The first-order chi connectivity index (χ1) is 10.3. The molecule has 0 radical (unpaired) electrons. The third-order valence-electron chi connectivity index (χ3n) is 3.60. The lowest BCUT2D eigenvalue weighted by Crippen LogP contribution is -2.36. The van der Waals surface area contributed by atoms with Crippen molar-refractivity contribution in [2.45, 2.75) is 6.54 Å². The van der Waals surface area contributed by atoms with Crippen LogP contribution in [0.2, 0.25) is 0 Å². The molecule has 1 amide bonds. The molecule has 0 fully saturated rings. The van der Waals surface area contributed by atoms with Crippen LogP contribution in [-0.2, 0) is 11.3 Å². The van der Waals surface area contributed by atoms with Crippen LogP contribution in [0.25, 0.3) is 0 Å². The van der Waals surface area contributed by atoms with Gasteiger partial charge in [-0.05, 0) is 23.8 Å². The molecule has 0 atom stereocenters. The van der Waals surface area contributed by atoms with Crippen LogP contribution in [0.15, 0.2) is 54.6 Å². The van der Waals surface area contributed by atoms with E-state index in [9.17, 15) is 4.79 Å². The summed E-state index contributed by atoms with van der Waals surface area (Å²) >= 11 is 0. The molecule has 4 heteroatoms. The summed E-state index contributed by atoms with van der Waals surface area (Å²) in [7, 11) is 0. The summed E-state index contributed by atoms with van der Waals surface area (Å²) in [5, 5.41) is 6.32. The summed E-state index contributed by atoms with van der Waals surface area (Å²) in [6.07, 6.45) is 0. The lowest BCUT2D eigenvalue weighted by molar-refractivity contribution is -0.115. The fraction of sp³-hybridized carbons (Fsp3) is 0.235. The Labute approximate surface area is 124 Å². The highest BCUT2D eigenvalue weighted by atomic mass is 16.2. The van der Waals surface area contributed by atoms with Crippen molar-refractivity contribution in [3.63, 3.8) is 0 Å². The van der Waals surface area contributed by atoms with Crippen molar-refractivity contribution in [1.29, 1.82) is 0 Å². The number of para-hydroxylation sites is 2. The number of carbonyl (C=O) groups is 1. The molecule has 0 saturated heterocycles. The number of rotatable bonds is 3. The molecule has 0 saturated carbocycles. The van der Waals surface area contributed by atoms with Crippen molar-refractivity contribution >= 4 is 17.3 Å². The van der Waals surface area contributed by atoms with Crippen LogP contribution in [0.1, 0.15) is 5.56 Å². The number of hydrogen-bond donors (Lipinski definition) is 2. The summed E-state index contributed by atoms with van der Waals surface area (Å²) < 4.78 is 0. The first-order valence-corrected chi connectivity index (χ1v) is 7.21. The fourth-order valence-electron chi connectivity index (χ4n) is 2.59. The molecule has 1 aliphatic rings. The van der Waals surface area contributed by atoms with Gasteiger partial charge in [-0.25, -0.2) is 0 Å². The summed E-state index contributed by atoms with van der Waals surface area (Å²) in [6, 6.07) is 17.8. The van der Waals surface area contributed by atoms with Crippen LogP contribution >= 0.6 is 0 Å². The summed E-state index contributed by atoms with van der Waals surface area (Å²) in [6.45, 7) is 2.94. The predicted molar refractivity (Wildman–Crippen MR) is 85.4 cm³/mol. The molecule has 2 N–H and O–H groups in total. The second-order valence-corrected chi connectivity index (χ2v) is 5.14. The average molecular weight is 281 g/mol. The first kappa shape index (κ1) is 13.6. The molecule has 0 bridgehead atoms. The molecule has 0 aromatic heterocycles. The molecule has 0 aliphatic carbocycles. The SMILES string of the molecule is O=C(CN1CCNCc2ccccc21)Nc1ccccc1. The van der Waals surface area contributed by atoms with Gasteiger partial charge in [0.2, 0.25) is 5.91 Å². The standard InChI is InChI=1S/C17H19N3O/c21-17(19-15-7-2-1-3-8-15)13-20-11-10-18-12-14-6-4-5-9-16(14)20/h1-9,18H,10-13H2,(H,19,21). The van der Waals surface area contributed by atoms with Crippen molar-refractivity contribution < 1.29 is 4.79 Å². The highest BCUT2D eigenvalue weighted by Crippen LogP contribution is 2.21. The molecule has 3 rings (SSSR count). The maximum absolute atomic E-state index is 12.2. The number of anilines is 2. The highest BCUT2D eigenvalue weighted by Gasteiger charge is 2.17. The topological polar surface area (TPSA) is 44.4 Å². The van der Waals surface area contributed by atoms with E-state index >= 15 is 0 Å². The Morgan fingerprint density at radius 3 is 2.71 bits per heavy atom. The van der Waals surface area contributed by atoms with Crippen LogP contribution in [0, 0.1) is 0 Å². The molecule has 1 aliphatic heterocycles. The minimum absolute atomic E-state index is 0.0119. The van der Waals surface area contributed by atoms with E-state index in [2.05, 4.69) is 27.7 Å². The Kier molecular flexibility index (Phi) is 4.17. The van der Waals surface area contributed by atoms with E-state index in [0.717, 1.165) is 31.0 Å². The van der Waals surface area contributed by atoms with E-state index in [1.54, 1.807) is 0 Å². The smallest absolute Gasteiger partial charge is 0.243 e. The Balaban J connectivity index is 1.71. The number of carbonyl (C=O) groups excluding carboxylic acids is 1. The number of fused-ring (bicyclic) bond motifs is 1. The zero-order chi connectivity index (χ0) is 14.5. The Morgan fingerprint density at radius 2 is 1.86 bits per heavy atom. The number of hydrogen-bond acceptors (Lipinski definition) is 3. The molecular weight excluding hydrogens is 262 g/mol. The maximum atomic E-state index is 12.2. The minimum Gasteiger partial charge on any atom is -0.361 e. The van der Waals surface area contributed by atoms with Crippen LogP contribution in [0.3, 0.4) is 0 Å². The fourth-order valence-corrected chi connectivity index (χ4v) is 2.59. The van der Waals surface area contributed by atoms with Gasteiger partial charge in [-0.15, -0.1) is 0 Å². The maximum Gasteiger partial charge on any atom is 0.243 e. The quantitative estimate of drug-likeness (QED) is 0.907. The highest BCUT2D eigenvalue weighted by molar-refractivity contribution is 5.94. The van der Waals surface area contributed by atoms with Crippen LogP contribution in [0.5, 0.6) is 0 Å². The van der Waals surface area contributed by atoms with Gasteiger partial charge in [-0.2, -0.15) is 0 Å². The summed E-state index contributed by atoms with van der Waals surface area (Å²) in [5.74, 6) is 0.0119. The van der Waals surface area contributed by atoms with E-state index in [0.29, 0.717) is 6.54 Å². The van der Waals surface area contributed by atoms with E-state index < -0.39 is 0 Å². The van der Waals surface area contributed by atoms with Gasteiger partial charge in [0.25, 0.3) is 0 Å². The van der Waals surface area contributed by atoms with Gasteiger partial charge in [0.15, 0.2) is 0 Å². The molecule has 21 heavy (non-hydrogen) atoms. The zero-order valence-electron chi connectivity index (χ0n) is 11.9. The average Bonchev–Trinajstić information content (AvgIpc) is 2.71. The summed E-state index contributed by atoms with van der Waals surface area (Å²) in [5.41, 5.74) is 3.22. The second kappa shape index (κ2) is 6.41. The van der Waals surface area contributed by atoms with Crippen LogP contribution in [-0.4, -0.2) is 25.5 Å². The van der Waals surface area contributed by atoms with Crippen molar-refractivity contribution in [3.8, 4) is 0 Å². The van der Waals surface area contributed by atoms with Gasteiger partial charge in [-0.1, -0.05) is 36.4 Å². The first-order valence-electron chi connectivity index (χ1n) is 7.21. The minimum atomic E-state index is 0.0119. The lowest BCUT2D eigenvalue weighted by Gasteiger charge is -2.23. The Hall–Kier alpha value is -2.33. The van der Waals surface area contributed by atoms with Gasteiger partial charge in [-0.3, -0.25) is 4.79 Å². The summed E-state index contributed by atoms with van der Waals surface area (Å²) in [4.78, 5) is 14.4. The van der Waals surface area contributed by atoms with Crippen molar-refractivity contribution in [2.75, 3.05) is 29.9 Å². The zero-order valence-corrected chi connectivity index (χ0v) is 11.9. The largest absolute Gasteiger partial charge is 0.361 e. The monoisotopic (exact) mass is 281 g/mol. The Bertz CT molecular complexity index is 612. The number of nitrogens with one attached hydrogen (secondary N) is 2. The van der Waals surface area contributed by atoms with E-state index in [4.69, 9.17) is 0 Å². The van der Waals surface area contributed by atoms with Crippen LogP contribution < -0.4 is 15.5 Å². The van der Waals surface area contributed by atoms with Gasteiger partial charge in [0, 0.05) is 31.0 Å². The molecule has 1 heterocycles. The normalized spacial score (nSPS) is 14.2. The van der Waals surface area contributed by atoms with Crippen molar-refractivity contribution in [1.82, 2.24) is 5.32 Å². The van der Waals surface area contributed by atoms with Gasteiger partial charge >= 0.3 is 0 Å². The molecule has 0 unspecified atom stereocenters. The predicted octanol–water partition coefficient (Wildman–Crippen LogP) is 2.23. The van der Waals surface area contributed by atoms with E-state index in [-0.39, 0.29) is 5.91 Å². The Morgan fingerprint density at radius 1 is 1.10 bits per heavy atom. The molecule has 2 aromatic carbocycles. The van der Waals surface area contributed by atoms with Gasteiger partial charge in [0.05, 0.1) is 6.54 Å². The molecular formula is C17H19N3O. The van der Waals surface area contributed by atoms with E-state index in [1.807, 2.05) is 42.5 Å². The van der Waals surface area contributed by atoms with Gasteiger partial charge < -0.3 is 15.5 Å². The molecule has 4 nitrogen and oxygen atoms in total. The molecule has 108 valence electrons. The number of amides is 1. The third kappa shape index (κ3) is 3.41. The number of benzene rings is 2. The second-order valence-electron chi connectivity index (χ2n) is 5.14. The van der Waals surface area contributed by atoms with Crippen molar-refractivity contribution in [3.05, 3.63) is 60.2 Å². The number of nitrogens with zero attached hydrogens (tertiary/aromatic N) is 1. The van der Waals surface area contributed by atoms with Crippen molar-refractivity contribution in [2.24, 2.45) is 0 Å². The van der Waals surface area contributed by atoms with Crippen LogP contribution in [0.4, 0.5) is 11.4 Å². The van der Waals surface area contributed by atoms with E-state index in [1.165, 1.54) is 5.56 Å². The molecule has 0 spiro atoms.